The molecule has 4 heteroatoms. The van der Waals surface area contributed by atoms with Gasteiger partial charge in [-0.1, -0.05) is 23.7 Å². The summed E-state index contributed by atoms with van der Waals surface area (Å²) in [4.78, 5) is 15.0. The van der Waals surface area contributed by atoms with E-state index >= 15 is 0 Å². The van der Waals surface area contributed by atoms with Gasteiger partial charge in [-0.3, -0.25) is 4.79 Å². The monoisotopic (exact) mass is 283 g/mol. The number of carbonyl (C=O) groups excluding carboxylic acids is 1. The standard InChI is InChI=1S/C14H18ClNOS/c15-12-6-2-3-7-13(12)18-11-8-14(17)16-9-4-1-5-10-16/h2-3,6-7H,1,4-5,8-11H2. The van der Waals surface area contributed by atoms with Gasteiger partial charge in [0, 0.05) is 30.2 Å². The summed E-state index contributed by atoms with van der Waals surface area (Å²) in [5.74, 6) is 1.09. The lowest BCUT2D eigenvalue weighted by Gasteiger charge is -2.26. The van der Waals surface area contributed by atoms with E-state index in [9.17, 15) is 4.79 Å². The highest BCUT2D eigenvalue weighted by Gasteiger charge is 2.15. The fraction of sp³-hybridized carbons (Fsp3) is 0.500. The summed E-state index contributed by atoms with van der Waals surface area (Å²) in [6.45, 7) is 1.88. The molecule has 0 radical (unpaired) electrons. The van der Waals surface area contributed by atoms with Crippen LogP contribution in [0.4, 0.5) is 0 Å². The van der Waals surface area contributed by atoms with Crippen molar-refractivity contribution >= 4 is 29.3 Å². The predicted octanol–water partition coefficient (Wildman–Crippen LogP) is 3.83. The van der Waals surface area contributed by atoms with E-state index in [0.717, 1.165) is 41.6 Å². The summed E-state index contributed by atoms with van der Waals surface area (Å²) in [6, 6.07) is 7.78. The summed E-state index contributed by atoms with van der Waals surface area (Å²) in [5.41, 5.74) is 0. The molecule has 18 heavy (non-hydrogen) atoms. The van der Waals surface area contributed by atoms with Crippen molar-refractivity contribution in [3.05, 3.63) is 29.3 Å². The van der Waals surface area contributed by atoms with Crippen LogP contribution in [0, 0.1) is 0 Å². The summed E-state index contributed by atoms with van der Waals surface area (Å²) >= 11 is 7.73. The van der Waals surface area contributed by atoms with E-state index in [0.29, 0.717) is 6.42 Å². The van der Waals surface area contributed by atoms with Crippen molar-refractivity contribution in [1.82, 2.24) is 4.90 Å². The molecule has 1 saturated heterocycles. The van der Waals surface area contributed by atoms with Crippen LogP contribution in [0.2, 0.25) is 5.02 Å². The summed E-state index contributed by atoms with van der Waals surface area (Å²) < 4.78 is 0. The molecule has 0 saturated carbocycles. The van der Waals surface area contributed by atoms with Gasteiger partial charge in [0.1, 0.15) is 0 Å². The van der Waals surface area contributed by atoms with Crippen molar-refractivity contribution in [3.63, 3.8) is 0 Å². The Morgan fingerprint density at radius 1 is 1.22 bits per heavy atom. The molecule has 2 nitrogen and oxygen atoms in total. The van der Waals surface area contributed by atoms with Gasteiger partial charge in [0.25, 0.3) is 0 Å². The number of carbonyl (C=O) groups is 1. The topological polar surface area (TPSA) is 20.3 Å². The van der Waals surface area contributed by atoms with Gasteiger partial charge in [-0.25, -0.2) is 0 Å². The fourth-order valence-corrected chi connectivity index (χ4v) is 3.29. The summed E-state index contributed by atoms with van der Waals surface area (Å²) in [6.07, 6.45) is 4.18. The van der Waals surface area contributed by atoms with Crippen LogP contribution in [0.3, 0.4) is 0 Å². The quantitative estimate of drug-likeness (QED) is 0.783. The van der Waals surface area contributed by atoms with Crippen molar-refractivity contribution in [2.24, 2.45) is 0 Å². The number of nitrogens with zero attached hydrogens (tertiary/aromatic N) is 1. The van der Waals surface area contributed by atoms with Crippen LogP contribution < -0.4 is 0 Å². The third kappa shape index (κ3) is 3.92. The number of hydrogen-bond acceptors (Lipinski definition) is 2. The normalized spacial score (nSPS) is 15.7. The van der Waals surface area contributed by atoms with Gasteiger partial charge in [0.05, 0.1) is 5.02 Å². The van der Waals surface area contributed by atoms with Gasteiger partial charge in [-0.2, -0.15) is 0 Å². The zero-order valence-electron chi connectivity index (χ0n) is 10.4. The minimum Gasteiger partial charge on any atom is -0.343 e. The molecule has 0 spiro atoms. The van der Waals surface area contributed by atoms with E-state index in [1.54, 1.807) is 11.8 Å². The Morgan fingerprint density at radius 2 is 1.94 bits per heavy atom. The van der Waals surface area contributed by atoms with Crippen molar-refractivity contribution in [2.75, 3.05) is 18.8 Å². The number of thioether (sulfide) groups is 1. The molecule has 1 aromatic rings. The lowest BCUT2D eigenvalue weighted by molar-refractivity contribution is -0.131. The third-order valence-corrected chi connectivity index (χ3v) is 4.64. The predicted molar refractivity (Wildman–Crippen MR) is 77.2 cm³/mol. The first kappa shape index (κ1) is 13.8. The average molecular weight is 284 g/mol. The van der Waals surface area contributed by atoms with E-state index < -0.39 is 0 Å². The second kappa shape index (κ2) is 7.05. The SMILES string of the molecule is O=C(CCSc1ccccc1Cl)N1CCCCC1. The minimum atomic E-state index is 0.286. The smallest absolute Gasteiger partial charge is 0.223 e. The number of likely N-dealkylation sites (tertiary alicyclic amines) is 1. The van der Waals surface area contributed by atoms with Gasteiger partial charge in [0.2, 0.25) is 5.91 Å². The molecule has 0 unspecified atom stereocenters. The van der Waals surface area contributed by atoms with Crippen LogP contribution in [0.25, 0.3) is 0 Å². The van der Waals surface area contributed by atoms with Gasteiger partial charge >= 0.3 is 0 Å². The zero-order valence-corrected chi connectivity index (χ0v) is 12.0. The van der Waals surface area contributed by atoms with Gasteiger partial charge in [0.15, 0.2) is 0 Å². The molecular weight excluding hydrogens is 266 g/mol. The minimum absolute atomic E-state index is 0.286. The number of halogens is 1. The van der Waals surface area contributed by atoms with Crippen LogP contribution in [0.15, 0.2) is 29.2 Å². The lowest BCUT2D eigenvalue weighted by Crippen LogP contribution is -2.35. The molecule has 1 aliphatic rings. The largest absolute Gasteiger partial charge is 0.343 e. The van der Waals surface area contributed by atoms with E-state index in [-0.39, 0.29) is 5.91 Å². The van der Waals surface area contributed by atoms with E-state index in [1.807, 2.05) is 29.2 Å². The average Bonchev–Trinajstić information content (AvgIpc) is 2.42. The van der Waals surface area contributed by atoms with Crippen LogP contribution in [-0.2, 0) is 4.79 Å². The molecular formula is C14H18ClNOS. The molecule has 1 aromatic carbocycles. The Morgan fingerprint density at radius 3 is 2.67 bits per heavy atom. The first-order chi connectivity index (χ1) is 8.77. The number of hydrogen-bond donors (Lipinski definition) is 0. The lowest BCUT2D eigenvalue weighted by atomic mass is 10.1. The molecule has 0 atom stereocenters. The van der Waals surface area contributed by atoms with Crippen LogP contribution in [0.1, 0.15) is 25.7 Å². The fourth-order valence-electron chi connectivity index (χ4n) is 2.11. The molecule has 0 aromatic heterocycles. The Labute approximate surface area is 118 Å². The Bertz CT molecular complexity index is 405. The molecule has 1 fully saturated rings. The van der Waals surface area contributed by atoms with E-state index in [4.69, 9.17) is 11.6 Å². The summed E-state index contributed by atoms with van der Waals surface area (Å²) in [5, 5.41) is 0.771. The van der Waals surface area contributed by atoms with Gasteiger partial charge in [-0.15, -0.1) is 11.8 Å². The maximum atomic E-state index is 12.0. The number of rotatable bonds is 4. The highest BCUT2D eigenvalue weighted by atomic mass is 35.5. The second-order valence-corrected chi connectivity index (χ2v) is 6.01. The van der Waals surface area contributed by atoms with Crippen molar-refractivity contribution in [2.45, 2.75) is 30.6 Å². The van der Waals surface area contributed by atoms with Crippen LogP contribution in [0.5, 0.6) is 0 Å². The second-order valence-electron chi connectivity index (χ2n) is 4.47. The van der Waals surface area contributed by atoms with Gasteiger partial charge < -0.3 is 4.90 Å². The number of amides is 1. The maximum absolute atomic E-state index is 12.0. The molecule has 0 bridgehead atoms. The highest BCUT2D eigenvalue weighted by Crippen LogP contribution is 2.27. The molecule has 98 valence electrons. The number of benzene rings is 1. The van der Waals surface area contributed by atoms with Crippen LogP contribution >= 0.6 is 23.4 Å². The van der Waals surface area contributed by atoms with E-state index in [2.05, 4.69) is 0 Å². The van der Waals surface area contributed by atoms with Crippen molar-refractivity contribution < 1.29 is 4.79 Å². The Balaban J connectivity index is 1.75. The molecule has 0 aliphatic carbocycles. The van der Waals surface area contributed by atoms with Crippen molar-refractivity contribution in [1.29, 1.82) is 0 Å². The number of piperidine rings is 1. The Hall–Kier alpha value is -0.670. The summed E-state index contributed by atoms with van der Waals surface area (Å²) in [7, 11) is 0. The first-order valence-corrected chi connectivity index (χ1v) is 7.79. The molecule has 0 N–H and O–H groups in total. The molecule has 2 rings (SSSR count). The Kier molecular flexibility index (Phi) is 5.39. The first-order valence-electron chi connectivity index (χ1n) is 6.42. The highest BCUT2D eigenvalue weighted by molar-refractivity contribution is 7.99. The molecule has 1 aliphatic heterocycles. The zero-order chi connectivity index (χ0) is 12.8. The molecule has 1 amide bonds. The van der Waals surface area contributed by atoms with Gasteiger partial charge in [-0.05, 0) is 31.4 Å². The van der Waals surface area contributed by atoms with Crippen LogP contribution in [-0.4, -0.2) is 29.6 Å². The van der Waals surface area contributed by atoms with Crippen molar-refractivity contribution in [3.8, 4) is 0 Å². The molecule has 1 heterocycles. The third-order valence-electron chi connectivity index (χ3n) is 3.12. The van der Waals surface area contributed by atoms with E-state index in [1.165, 1.54) is 6.42 Å². The maximum Gasteiger partial charge on any atom is 0.223 e.